The third kappa shape index (κ3) is 5.24. The summed E-state index contributed by atoms with van der Waals surface area (Å²) >= 11 is 0. The number of nitrogens with zero attached hydrogens (tertiary/aromatic N) is 2. The van der Waals surface area contributed by atoms with E-state index in [-0.39, 0.29) is 5.41 Å². The highest BCUT2D eigenvalue weighted by molar-refractivity contribution is 6.10. The first-order valence-corrected chi connectivity index (χ1v) is 19.0. The molecule has 0 bridgehead atoms. The van der Waals surface area contributed by atoms with E-state index in [2.05, 4.69) is 205 Å². The van der Waals surface area contributed by atoms with Gasteiger partial charge in [0.1, 0.15) is 0 Å². The number of rotatable bonds is 6. The van der Waals surface area contributed by atoms with Gasteiger partial charge < -0.3 is 9.47 Å². The van der Waals surface area contributed by atoms with Gasteiger partial charge in [-0.05, 0) is 101 Å². The van der Waals surface area contributed by atoms with Crippen LogP contribution in [-0.4, -0.2) is 4.57 Å². The van der Waals surface area contributed by atoms with Crippen molar-refractivity contribution in [3.8, 4) is 16.8 Å². The SMILES string of the molecule is CC1(C)C2=CC(c3cccc(-n4c5ccccc5c5cc(N(c6ccccc6)c6ccc(-c7ccccc7)cc6)ccc54)c3)CCC2c2ccccc21. The lowest BCUT2D eigenvalue weighted by Crippen LogP contribution is -2.20. The van der Waals surface area contributed by atoms with Crippen LogP contribution in [0.2, 0.25) is 0 Å². The fourth-order valence-corrected chi connectivity index (χ4v) is 9.40. The number of allylic oxidation sites excluding steroid dienone is 2. The molecule has 7 aromatic carbocycles. The Morgan fingerprint density at radius 1 is 0.528 bits per heavy atom. The highest BCUT2D eigenvalue weighted by atomic mass is 15.1. The van der Waals surface area contributed by atoms with Gasteiger partial charge in [0.15, 0.2) is 0 Å². The summed E-state index contributed by atoms with van der Waals surface area (Å²) in [5.74, 6) is 0.951. The Labute approximate surface area is 312 Å². The number of anilines is 3. The van der Waals surface area contributed by atoms with E-state index in [4.69, 9.17) is 0 Å². The zero-order valence-electron chi connectivity index (χ0n) is 30.3. The van der Waals surface area contributed by atoms with E-state index >= 15 is 0 Å². The zero-order chi connectivity index (χ0) is 35.5. The maximum absolute atomic E-state index is 2.62. The van der Waals surface area contributed by atoms with Gasteiger partial charge in [-0.25, -0.2) is 0 Å². The number of benzene rings is 7. The van der Waals surface area contributed by atoms with Crippen LogP contribution in [-0.2, 0) is 5.41 Å². The smallest absolute Gasteiger partial charge is 0.0542 e. The Morgan fingerprint density at radius 2 is 1.19 bits per heavy atom. The van der Waals surface area contributed by atoms with Gasteiger partial charge in [0.25, 0.3) is 0 Å². The minimum absolute atomic E-state index is 0.0691. The molecule has 2 heteroatoms. The van der Waals surface area contributed by atoms with Gasteiger partial charge in [0.2, 0.25) is 0 Å². The lowest BCUT2D eigenvalue weighted by atomic mass is 9.73. The second kappa shape index (κ2) is 12.5. The van der Waals surface area contributed by atoms with Crippen LogP contribution in [0.15, 0.2) is 188 Å². The van der Waals surface area contributed by atoms with Crippen molar-refractivity contribution < 1.29 is 0 Å². The van der Waals surface area contributed by atoms with Crippen molar-refractivity contribution >= 4 is 38.9 Å². The quantitative estimate of drug-likeness (QED) is 0.159. The van der Waals surface area contributed by atoms with Crippen molar-refractivity contribution in [2.75, 3.05) is 4.90 Å². The van der Waals surface area contributed by atoms with Crippen LogP contribution in [0.4, 0.5) is 17.1 Å². The predicted molar refractivity (Wildman–Crippen MR) is 223 cm³/mol. The zero-order valence-corrected chi connectivity index (χ0v) is 30.3. The maximum Gasteiger partial charge on any atom is 0.0542 e. The highest BCUT2D eigenvalue weighted by Crippen LogP contribution is 2.55. The van der Waals surface area contributed by atoms with Crippen LogP contribution in [0.25, 0.3) is 38.6 Å². The summed E-state index contributed by atoms with van der Waals surface area (Å²) in [6.45, 7) is 4.84. The summed E-state index contributed by atoms with van der Waals surface area (Å²) in [7, 11) is 0. The Bertz CT molecular complexity index is 2640. The van der Waals surface area contributed by atoms with Gasteiger partial charge in [0.05, 0.1) is 11.0 Å². The van der Waals surface area contributed by atoms with Gasteiger partial charge in [-0.1, -0.05) is 141 Å². The van der Waals surface area contributed by atoms with Crippen molar-refractivity contribution in [2.24, 2.45) is 0 Å². The molecule has 0 saturated heterocycles. The van der Waals surface area contributed by atoms with Crippen LogP contribution in [0.3, 0.4) is 0 Å². The molecule has 0 spiro atoms. The Morgan fingerprint density at radius 3 is 2.02 bits per heavy atom. The highest BCUT2D eigenvalue weighted by Gasteiger charge is 2.43. The number of fused-ring (bicyclic) bond motifs is 6. The monoisotopic (exact) mass is 682 g/mol. The molecule has 8 aromatic rings. The van der Waals surface area contributed by atoms with E-state index in [1.807, 2.05) is 0 Å². The van der Waals surface area contributed by atoms with Crippen LogP contribution in [0, 0.1) is 0 Å². The third-order valence-electron chi connectivity index (χ3n) is 12.0. The topological polar surface area (TPSA) is 8.17 Å². The van der Waals surface area contributed by atoms with Crippen LogP contribution >= 0.6 is 0 Å². The van der Waals surface area contributed by atoms with Gasteiger partial charge in [-0.15, -0.1) is 0 Å². The average molecular weight is 683 g/mol. The molecule has 0 amide bonds. The molecule has 2 nitrogen and oxygen atoms in total. The number of aromatic nitrogens is 1. The van der Waals surface area contributed by atoms with Gasteiger partial charge in [0, 0.05) is 50.8 Å². The van der Waals surface area contributed by atoms with E-state index in [0.29, 0.717) is 11.8 Å². The lowest BCUT2D eigenvalue weighted by molar-refractivity contribution is 0.528. The van der Waals surface area contributed by atoms with Gasteiger partial charge in [-0.3, -0.25) is 0 Å². The summed E-state index contributed by atoms with van der Waals surface area (Å²) in [4.78, 5) is 2.37. The van der Waals surface area contributed by atoms with E-state index in [9.17, 15) is 0 Å². The largest absolute Gasteiger partial charge is 0.310 e. The predicted octanol–water partition coefficient (Wildman–Crippen LogP) is 13.8. The Hall–Kier alpha value is -6.12. The van der Waals surface area contributed by atoms with E-state index in [1.165, 1.54) is 68.2 Å². The second-order valence-electron chi connectivity index (χ2n) is 15.3. The molecule has 0 saturated carbocycles. The summed E-state index contributed by atoms with van der Waals surface area (Å²) in [5, 5.41) is 2.51. The van der Waals surface area contributed by atoms with Gasteiger partial charge >= 0.3 is 0 Å². The van der Waals surface area contributed by atoms with Crippen molar-refractivity contribution in [1.29, 1.82) is 0 Å². The standard InChI is InChI=1S/C51H42N2/c1-51(2)47-22-11-9-20-43(47)44-30-26-38(33-48(44)51)37-16-13-19-41(32-37)53-49-23-12-10-21-45(49)46-34-42(29-31-50(46)53)52(39-17-7-4-8-18-39)40-27-24-36(25-28-40)35-14-5-3-6-15-35/h3-25,27-29,31-34,38,44H,26,30H2,1-2H3. The first-order valence-electron chi connectivity index (χ1n) is 19.0. The molecule has 0 fully saturated rings. The number of hydrogen-bond donors (Lipinski definition) is 0. The molecule has 2 atom stereocenters. The Balaban J connectivity index is 1.06. The van der Waals surface area contributed by atoms with Gasteiger partial charge in [-0.2, -0.15) is 0 Å². The fourth-order valence-electron chi connectivity index (χ4n) is 9.40. The molecule has 2 aliphatic rings. The molecule has 2 unspecified atom stereocenters. The summed E-state index contributed by atoms with van der Waals surface area (Å²) in [6.07, 6.45) is 4.99. The van der Waals surface area contributed by atoms with E-state index in [0.717, 1.165) is 17.1 Å². The number of para-hydroxylation sites is 2. The summed E-state index contributed by atoms with van der Waals surface area (Å²) < 4.78 is 2.47. The van der Waals surface area contributed by atoms with Crippen molar-refractivity contribution in [2.45, 2.75) is 43.9 Å². The first kappa shape index (κ1) is 31.6. The van der Waals surface area contributed by atoms with Crippen LogP contribution in [0.5, 0.6) is 0 Å². The minimum atomic E-state index is 0.0691. The van der Waals surface area contributed by atoms with Crippen molar-refractivity contribution in [3.63, 3.8) is 0 Å². The molecule has 0 radical (unpaired) electrons. The summed E-state index contributed by atoms with van der Waals surface area (Å²) in [6, 6.07) is 64.5. The maximum atomic E-state index is 2.62. The Kier molecular flexibility index (Phi) is 7.47. The lowest BCUT2D eigenvalue weighted by Gasteiger charge is -2.31. The molecule has 1 aromatic heterocycles. The second-order valence-corrected chi connectivity index (χ2v) is 15.3. The molecule has 1 heterocycles. The van der Waals surface area contributed by atoms with Crippen molar-refractivity contribution in [3.05, 3.63) is 204 Å². The molecule has 0 aliphatic heterocycles. The molecule has 256 valence electrons. The molecular formula is C51H42N2. The third-order valence-corrected chi connectivity index (χ3v) is 12.0. The van der Waals surface area contributed by atoms with E-state index < -0.39 is 0 Å². The van der Waals surface area contributed by atoms with E-state index in [1.54, 1.807) is 5.57 Å². The fraction of sp³-hybridized carbons (Fsp3) is 0.137. The molecular weight excluding hydrogens is 641 g/mol. The average Bonchev–Trinajstić information content (AvgIpc) is 3.67. The van der Waals surface area contributed by atoms with Crippen LogP contribution < -0.4 is 4.90 Å². The summed E-state index contributed by atoms with van der Waals surface area (Å²) in [5.41, 5.74) is 15.6. The molecule has 2 aliphatic carbocycles. The first-order chi connectivity index (χ1) is 26.0. The number of hydrogen-bond acceptors (Lipinski definition) is 1. The van der Waals surface area contributed by atoms with Crippen LogP contribution in [0.1, 0.15) is 55.2 Å². The molecule has 53 heavy (non-hydrogen) atoms. The minimum Gasteiger partial charge on any atom is -0.310 e. The normalized spacial score (nSPS) is 17.4. The van der Waals surface area contributed by atoms with Crippen molar-refractivity contribution in [1.82, 2.24) is 4.57 Å². The molecule has 0 N–H and O–H groups in total. The molecule has 10 rings (SSSR count).